The maximum Gasteiger partial charge on any atom is 0.408 e. The lowest BCUT2D eigenvalue weighted by Crippen LogP contribution is -2.71. The second-order valence-electron chi connectivity index (χ2n) is 17.2. The van der Waals surface area contributed by atoms with E-state index in [0.717, 1.165) is 51.4 Å². The summed E-state index contributed by atoms with van der Waals surface area (Å²) >= 11 is 1.47. The van der Waals surface area contributed by atoms with Gasteiger partial charge in [-0.2, -0.15) is 0 Å². The van der Waals surface area contributed by atoms with Crippen molar-refractivity contribution in [3.05, 3.63) is 21.7 Å². The molecule has 0 aromatic rings. The molecule has 2 aliphatic heterocycles. The molecule has 13 atom stereocenters. The fraction of sp³-hybridized carbons (Fsp3) is 0.795. The van der Waals surface area contributed by atoms with Gasteiger partial charge in [-0.1, -0.05) is 25.9 Å². The maximum absolute atomic E-state index is 13.5. The summed E-state index contributed by atoms with van der Waals surface area (Å²) in [7, 11) is 0. The summed E-state index contributed by atoms with van der Waals surface area (Å²) in [6, 6.07) is -0.764. The predicted molar refractivity (Wildman–Crippen MR) is 203 cm³/mol. The fourth-order valence-electron chi connectivity index (χ4n) is 11.6. The zero-order valence-corrected chi connectivity index (χ0v) is 32.8. The molecule has 0 bridgehead atoms. The van der Waals surface area contributed by atoms with E-state index in [4.69, 9.17) is 16.7 Å². The van der Waals surface area contributed by atoms with Gasteiger partial charge in [-0.3, -0.25) is 19.3 Å². The minimum atomic E-state index is -1.10. The van der Waals surface area contributed by atoms with Crippen LogP contribution in [-0.2, 0) is 19.1 Å². The smallest absolute Gasteiger partial charge is 0.408 e. The first-order chi connectivity index (χ1) is 25.7. The van der Waals surface area contributed by atoms with Crippen LogP contribution in [0.25, 0.3) is 10.4 Å². The molecule has 6 aliphatic rings. The number of amides is 4. The van der Waals surface area contributed by atoms with Gasteiger partial charge in [0, 0.05) is 23.5 Å². The summed E-state index contributed by atoms with van der Waals surface area (Å²) in [5.74, 6) is 3.98. The van der Waals surface area contributed by atoms with Crippen molar-refractivity contribution < 1.29 is 34.1 Å². The third-order valence-electron chi connectivity index (χ3n) is 14.3. The fourth-order valence-corrected chi connectivity index (χ4v) is 12.9. The van der Waals surface area contributed by atoms with Crippen molar-refractivity contribution >= 4 is 35.6 Å². The average molecular weight is 768 g/mol. The van der Waals surface area contributed by atoms with Crippen molar-refractivity contribution in [2.24, 2.45) is 51.5 Å². The molecule has 0 aromatic heterocycles. The van der Waals surface area contributed by atoms with Crippen LogP contribution in [0.5, 0.6) is 0 Å². The molecule has 296 valence electrons. The van der Waals surface area contributed by atoms with Crippen molar-refractivity contribution in [3.8, 4) is 12.3 Å². The average Bonchev–Trinajstić information content (AvgIpc) is 3.49. The van der Waals surface area contributed by atoms with Crippen LogP contribution in [0.15, 0.2) is 16.4 Å². The Bertz CT molecular complexity index is 1610. The Balaban J connectivity index is 1.02. The Hall–Kier alpha value is -3.44. The Morgan fingerprint density at radius 2 is 1.87 bits per heavy atom. The first-order valence-electron chi connectivity index (χ1n) is 19.7. The van der Waals surface area contributed by atoms with Crippen LogP contribution in [0.3, 0.4) is 0 Å². The molecule has 4 saturated carbocycles. The summed E-state index contributed by atoms with van der Waals surface area (Å²) in [4.78, 5) is 56.6. The minimum absolute atomic E-state index is 0.0261. The number of azide groups is 1. The summed E-state index contributed by atoms with van der Waals surface area (Å²) < 4.78 is 4.98. The number of hydrogen-bond donors (Lipinski definition) is 5. The molecule has 2 heterocycles. The molecule has 54 heavy (non-hydrogen) atoms. The number of β-lactam (4-membered cyclic amide) rings is 1. The van der Waals surface area contributed by atoms with Gasteiger partial charge in [0.25, 0.3) is 11.8 Å². The molecule has 0 spiro atoms. The van der Waals surface area contributed by atoms with Gasteiger partial charge in [-0.25, -0.2) is 4.79 Å². The highest BCUT2D eigenvalue weighted by Gasteiger charge is 2.63. The number of ether oxygens (including phenoxy) is 1. The molecule has 4 unspecified atom stereocenters. The van der Waals surface area contributed by atoms with E-state index < -0.39 is 29.6 Å². The molecule has 4 aliphatic carbocycles. The van der Waals surface area contributed by atoms with Crippen LogP contribution in [0.1, 0.15) is 98.3 Å². The van der Waals surface area contributed by atoms with Crippen molar-refractivity contribution in [2.45, 2.75) is 128 Å². The SMILES string of the molecule is C#CCCOC(=O)NC(CN=[N+]=[N-])NC(=O)C1=C(C)CSC2C(NC(=O)CC[C@@H](C)[C@H]3CC[C@H]4[C@@H]5C(O)C[C@@H]6C[C@H](O)CC[C@]6(C)[C@H]5CC[C@]34C)C(=O)N12. The van der Waals surface area contributed by atoms with E-state index in [1.54, 1.807) is 6.92 Å². The lowest BCUT2D eigenvalue weighted by Gasteiger charge is -2.62. The Morgan fingerprint density at radius 3 is 2.61 bits per heavy atom. The van der Waals surface area contributed by atoms with Crippen molar-refractivity contribution in [3.63, 3.8) is 0 Å². The Labute approximate surface area is 322 Å². The molecule has 0 aromatic carbocycles. The molecule has 5 N–H and O–H groups in total. The van der Waals surface area contributed by atoms with E-state index in [-0.39, 0.29) is 60.1 Å². The molecule has 1 saturated heterocycles. The predicted octanol–water partition coefficient (Wildman–Crippen LogP) is 4.57. The lowest BCUT2D eigenvalue weighted by molar-refractivity contribution is -0.174. The van der Waals surface area contributed by atoms with Crippen molar-refractivity contribution in [1.29, 1.82) is 0 Å². The summed E-state index contributed by atoms with van der Waals surface area (Å²) in [6.45, 7) is 8.54. The number of nitrogens with one attached hydrogen (secondary N) is 3. The maximum atomic E-state index is 13.5. The van der Waals surface area contributed by atoms with Gasteiger partial charge in [0.05, 0.1) is 18.8 Å². The molecular weight excluding hydrogens is 711 g/mol. The first kappa shape index (κ1) is 40.2. The van der Waals surface area contributed by atoms with Gasteiger partial charge in [0.2, 0.25) is 5.91 Å². The number of hydrogen-bond acceptors (Lipinski definition) is 9. The standard InChI is InChI=1S/C39H57N7O7S/c1-6-7-16-53-37(52)43-29(19-41-45-40)42-34(50)33-22(3)20-54-36-32(35(51)46(33)36)44-30(49)11-8-21(2)25-9-10-26-31-27(13-15-39(25,26)5)38(4)14-12-24(47)17-23(38)18-28(31)48/h1,21,23-29,31-32,36,47-48H,7-20H2,2-5H3,(H,42,50)(H,43,52)(H,44,49)/t21-,23+,24-,25-,26+,27+,28?,29?,31+,32?,36?,38+,39-/m1/s1. The first-order valence-corrected chi connectivity index (χ1v) is 20.8. The number of fused-ring (bicyclic) bond motifs is 6. The van der Waals surface area contributed by atoms with Crippen LogP contribution < -0.4 is 16.0 Å². The molecule has 6 rings (SSSR count). The van der Waals surface area contributed by atoms with Gasteiger partial charge in [-0.05, 0) is 122 Å². The van der Waals surface area contributed by atoms with E-state index in [1.807, 2.05) is 0 Å². The third kappa shape index (κ3) is 7.56. The van der Waals surface area contributed by atoms with Crippen LogP contribution in [-0.4, -0.2) is 87.6 Å². The number of carbonyl (C=O) groups is 4. The number of alkyl carbamates (subject to hydrolysis) is 1. The van der Waals surface area contributed by atoms with Gasteiger partial charge in [0.1, 0.15) is 29.9 Å². The number of terminal acetylenes is 1. The highest BCUT2D eigenvalue weighted by atomic mass is 32.2. The number of thioether (sulfide) groups is 1. The quantitative estimate of drug-likeness (QED) is 0.0361. The van der Waals surface area contributed by atoms with E-state index in [0.29, 0.717) is 59.7 Å². The zero-order chi connectivity index (χ0) is 38.9. The van der Waals surface area contributed by atoms with Gasteiger partial charge in [-0.15, -0.1) is 24.1 Å². The highest BCUT2D eigenvalue weighted by Crippen LogP contribution is 2.68. The minimum Gasteiger partial charge on any atom is -0.449 e. The van der Waals surface area contributed by atoms with Crippen LogP contribution in [0.2, 0.25) is 0 Å². The number of rotatable bonds is 12. The van der Waals surface area contributed by atoms with Crippen molar-refractivity contribution in [1.82, 2.24) is 20.9 Å². The van der Waals surface area contributed by atoms with Gasteiger partial charge >= 0.3 is 6.09 Å². The van der Waals surface area contributed by atoms with E-state index in [1.165, 1.54) is 16.7 Å². The lowest BCUT2D eigenvalue weighted by atomic mass is 9.43. The number of carbonyl (C=O) groups excluding carboxylic acids is 4. The van der Waals surface area contributed by atoms with Crippen LogP contribution >= 0.6 is 11.8 Å². The molecule has 14 nitrogen and oxygen atoms in total. The molecule has 5 fully saturated rings. The number of nitrogens with zero attached hydrogens (tertiary/aromatic N) is 4. The van der Waals surface area contributed by atoms with Crippen LogP contribution in [0, 0.1) is 58.7 Å². The van der Waals surface area contributed by atoms with E-state index in [2.05, 4.69) is 52.7 Å². The second-order valence-corrected chi connectivity index (χ2v) is 18.3. The summed E-state index contributed by atoms with van der Waals surface area (Å²) in [5, 5.41) is 33.0. The Morgan fingerprint density at radius 1 is 1.13 bits per heavy atom. The molecule has 4 amide bonds. The largest absolute Gasteiger partial charge is 0.449 e. The van der Waals surface area contributed by atoms with E-state index in [9.17, 15) is 29.4 Å². The summed E-state index contributed by atoms with van der Waals surface area (Å²) in [6.07, 6.45) is 11.8. The van der Waals surface area contributed by atoms with Gasteiger partial charge in [0.15, 0.2) is 0 Å². The van der Waals surface area contributed by atoms with E-state index >= 15 is 0 Å². The topological polar surface area (TPSA) is 206 Å². The molecular formula is C39H57N7O7S. The highest BCUT2D eigenvalue weighted by molar-refractivity contribution is 8.00. The molecule has 0 radical (unpaired) electrons. The third-order valence-corrected chi connectivity index (χ3v) is 15.8. The van der Waals surface area contributed by atoms with Crippen molar-refractivity contribution in [2.75, 3.05) is 18.9 Å². The normalized spacial score (nSPS) is 37.8. The molecule has 15 heteroatoms. The summed E-state index contributed by atoms with van der Waals surface area (Å²) in [5.41, 5.74) is 9.90. The number of aliphatic hydroxyl groups excluding tert-OH is 2. The second kappa shape index (κ2) is 16.3. The Kier molecular flexibility index (Phi) is 12.2. The monoisotopic (exact) mass is 767 g/mol. The van der Waals surface area contributed by atoms with Gasteiger partial charge < -0.3 is 30.9 Å². The zero-order valence-electron chi connectivity index (χ0n) is 32.0. The number of aliphatic hydroxyl groups is 2. The van der Waals surface area contributed by atoms with Crippen LogP contribution in [0.4, 0.5) is 4.79 Å².